The molecular formula is C23H26N8O. The van der Waals surface area contributed by atoms with Crippen LogP contribution < -0.4 is 10.2 Å². The fourth-order valence-electron chi connectivity index (χ4n) is 3.79. The van der Waals surface area contributed by atoms with E-state index >= 15 is 0 Å². The number of nitrogens with one attached hydrogen (secondary N) is 1. The summed E-state index contributed by atoms with van der Waals surface area (Å²) in [5.74, 6) is 2.69. The van der Waals surface area contributed by atoms with Gasteiger partial charge in [0.1, 0.15) is 5.82 Å². The molecule has 0 spiro atoms. The lowest BCUT2D eigenvalue weighted by Gasteiger charge is -2.38. The van der Waals surface area contributed by atoms with Crippen LogP contribution in [-0.4, -0.2) is 56.2 Å². The first-order chi connectivity index (χ1) is 15.5. The first-order valence-corrected chi connectivity index (χ1v) is 10.7. The number of hydrogen-bond donors (Lipinski definition) is 1. The van der Waals surface area contributed by atoms with Crippen LogP contribution in [0.15, 0.2) is 42.9 Å². The van der Waals surface area contributed by atoms with Crippen molar-refractivity contribution >= 4 is 28.5 Å². The molecule has 0 amide bonds. The summed E-state index contributed by atoms with van der Waals surface area (Å²) in [6.07, 6.45) is 5.95. The van der Waals surface area contributed by atoms with E-state index in [1.54, 1.807) is 13.3 Å². The SMILES string of the molecule is COC1CN(c2nn(C)cc2-c2cnc3ccc(Nc4cc(C(C)C)cnn4)nc3c2)C1. The molecular weight excluding hydrogens is 404 g/mol. The number of hydrogen-bond acceptors (Lipinski definition) is 8. The third kappa shape index (κ3) is 3.87. The highest BCUT2D eigenvalue weighted by Gasteiger charge is 2.30. The molecule has 32 heavy (non-hydrogen) atoms. The second-order valence-electron chi connectivity index (χ2n) is 8.42. The maximum absolute atomic E-state index is 5.42. The fraction of sp³-hybridized carbons (Fsp3) is 0.348. The van der Waals surface area contributed by atoms with E-state index in [2.05, 4.69) is 50.4 Å². The molecule has 9 heteroatoms. The molecule has 1 N–H and O–H groups in total. The number of nitrogens with zero attached hydrogens (tertiary/aromatic N) is 7. The van der Waals surface area contributed by atoms with E-state index in [0.717, 1.165) is 46.6 Å². The van der Waals surface area contributed by atoms with Gasteiger partial charge < -0.3 is 15.0 Å². The number of anilines is 3. The van der Waals surface area contributed by atoms with Gasteiger partial charge in [-0.25, -0.2) is 4.98 Å². The van der Waals surface area contributed by atoms with Gasteiger partial charge in [-0.05, 0) is 35.7 Å². The molecule has 9 nitrogen and oxygen atoms in total. The first kappa shape index (κ1) is 20.3. The maximum Gasteiger partial charge on any atom is 0.158 e. The standard InChI is InChI=1S/C23H26N8O/c1-14(2)15-8-22(28-25-10-15)27-21-6-5-19-20(26-21)7-16(9-24-19)18-13-30(3)29-23(18)31-11-17(12-31)32-4/h5-10,13-14,17H,11-12H2,1-4H3,(H,26,27,28). The third-order valence-electron chi connectivity index (χ3n) is 5.74. The average Bonchev–Trinajstić information content (AvgIpc) is 3.14. The van der Waals surface area contributed by atoms with Crippen LogP contribution in [0.5, 0.6) is 0 Å². The summed E-state index contributed by atoms with van der Waals surface area (Å²) >= 11 is 0. The molecule has 0 saturated carbocycles. The molecule has 0 unspecified atom stereocenters. The van der Waals surface area contributed by atoms with Crippen molar-refractivity contribution in [2.75, 3.05) is 30.4 Å². The second kappa shape index (κ2) is 8.16. The predicted molar refractivity (Wildman–Crippen MR) is 124 cm³/mol. The van der Waals surface area contributed by atoms with Crippen molar-refractivity contribution in [1.82, 2.24) is 29.9 Å². The van der Waals surface area contributed by atoms with Crippen LogP contribution in [0.2, 0.25) is 0 Å². The zero-order valence-corrected chi connectivity index (χ0v) is 18.6. The molecule has 4 aromatic rings. The number of pyridine rings is 2. The molecule has 0 atom stereocenters. The highest BCUT2D eigenvalue weighted by atomic mass is 16.5. The molecule has 0 aromatic carbocycles. The van der Waals surface area contributed by atoms with Crippen LogP contribution in [0.4, 0.5) is 17.5 Å². The Morgan fingerprint density at radius 2 is 1.94 bits per heavy atom. The maximum atomic E-state index is 5.42. The van der Waals surface area contributed by atoms with Gasteiger partial charge in [-0.3, -0.25) is 9.67 Å². The van der Waals surface area contributed by atoms with Gasteiger partial charge in [-0.2, -0.15) is 10.2 Å². The molecule has 5 rings (SSSR count). The van der Waals surface area contributed by atoms with E-state index in [4.69, 9.17) is 9.72 Å². The summed E-state index contributed by atoms with van der Waals surface area (Å²) < 4.78 is 7.25. The Morgan fingerprint density at radius 3 is 2.72 bits per heavy atom. The Kier molecular flexibility index (Phi) is 5.18. The van der Waals surface area contributed by atoms with Crippen molar-refractivity contribution in [3.8, 4) is 11.1 Å². The first-order valence-electron chi connectivity index (χ1n) is 10.7. The van der Waals surface area contributed by atoms with Gasteiger partial charge in [0.15, 0.2) is 11.6 Å². The Morgan fingerprint density at radius 1 is 1.09 bits per heavy atom. The summed E-state index contributed by atoms with van der Waals surface area (Å²) in [6.45, 7) is 5.93. The quantitative estimate of drug-likeness (QED) is 0.497. The second-order valence-corrected chi connectivity index (χ2v) is 8.42. The number of aryl methyl sites for hydroxylation is 1. The van der Waals surface area contributed by atoms with E-state index in [-0.39, 0.29) is 6.10 Å². The summed E-state index contributed by atoms with van der Waals surface area (Å²) in [5.41, 5.74) is 4.77. The summed E-state index contributed by atoms with van der Waals surface area (Å²) in [6, 6.07) is 7.91. The Labute approximate surface area is 186 Å². The third-order valence-corrected chi connectivity index (χ3v) is 5.74. The Balaban J connectivity index is 1.45. The molecule has 0 aliphatic carbocycles. The zero-order valence-electron chi connectivity index (χ0n) is 18.6. The van der Waals surface area contributed by atoms with Crippen molar-refractivity contribution in [2.24, 2.45) is 7.05 Å². The van der Waals surface area contributed by atoms with Crippen molar-refractivity contribution in [1.29, 1.82) is 0 Å². The minimum atomic E-state index is 0.257. The number of aromatic nitrogens is 6. The normalized spacial score (nSPS) is 14.2. The number of methoxy groups -OCH3 is 1. The fourth-order valence-corrected chi connectivity index (χ4v) is 3.79. The molecule has 5 heterocycles. The van der Waals surface area contributed by atoms with E-state index in [1.807, 2.05) is 42.3 Å². The van der Waals surface area contributed by atoms with Crippen LogP contribution in [0.25, 0.3) is 22.2 Å². The van der Waals surface area contributed by atoms with Crippen LogP contribution in [0.3, 0.4) is 0 Å². The van der Waals surface area contributed by atoms with Gasteiger partial charge in [0.05, 0.1) is 23.3 Å². The molecule has 0 bridgehead atoms. The van der Waals surface area contributed by atoms with Crippen LogP contribution >= 0.6 is 0 Å². The lowest BCUT2D eigenvalue weighted by atomic mass is 10.1. The molecule has 164 valence electrons. The van der Waals surface area contributed by atoms with E-state index in [1.165, 1.54) is 0 Å². The topological polar surface area (TPSA) is 93.9 Å². The van der Waals surface area contributed by atoms with E-state index < -0.39 is 0 Å². The number of rotatable bonds is 6. The van der Waals surface area contributed by atoms with E-state index in [0.29, 0.717) is 17.6 Å². The average molecular weight is 431 g/mol. The Hall–Kier alpha value is -3.59. The van der Waals surface area contributed by atoms with Gasteiger partial charge in [0.25, 0.3) is 0 Å². The van der Waals surface area contributed by atoms with Crippen LogP contribution in [-0.2, 0) is 11.8 Å². The van der Waals surface area contributed by atoms with E-state index in [9.17, 15) is 0 Å². The summed E-state index contributed by atoms with van der Waals surface area (Å²) in [7, 11) is 3.68. The predicted octanol–water partition coefficient (Wildman–Crippen LogP) is 3.52. The van der Waals surface area contributed by atoms with Gasteiger partial charge in [0.2, 0.25) is 0 Å². The largest absolute Gasteiger partial charge is 0.378 e. The molecule has 4 aromatic heterocycles. The van der Waals surface area contributed by atoms with Gasteiger partial charge >= 0.3 is 0 Å². The lowest BCUT2D eigenvalue weighted by molar-refractivity contribution is 0.0783. The number of fused-ring (bicyclic) bond motifs is 1. The van der Waals surface area contributed by atoms with Gasteiger partial charge in [-0.15, -0.1) is 5.10 Å². The molecule has 0 radical (unpaired) electrons. The van der Waals surface area contributed by atoms with Crippen molar-refractivity contribution in [2.45, 2.75) is 25.9 Å². The minimum absolute atomic E-state index is 0.257. The molecule has 1 fully saturated rings. The Bertz CT molecular complexity index is 1260. The molecule has 1 aliphatic heterocycles. The monoisotopic (exact) mass is 430 g/mol. The minimum Gasteiger partial charge on any atom is -0.378 e. The molecule has 1 aliphatic rings. The highest BCUT2D eigenvalue weighted by Crippen LogP contribution is 2.33. The van der Waals surface area contributed by atoms with Gasteiger partial charge in [0, 0.05) is 50.8 Å². The van der Waals surface area contributed by atoms with Crippen molar-refractivity contribution in [3.05, 3.63) is 48.4 Å². The molecule has 1 saturated heterocycles. The lowest BCUT2D eigenvalue weighted by Crippen LogP contribution is -2.52. The number of ether oxygens (including phenoxy) is 1. The summed E-state index contributed by atoms with van der Waals surface area (Å²) in [4.78, 5) is 11.6. The smallest absolute Gasteiger partial charge is 0.158 e. The highest BCUT2D eigenvalue weighted by molar-refractivity contribution is 5.85. The summed E-state index contributed by atoms with van der Waals surface area (Å²) in [5, 5.41) is 16.2. The van der Waals surface area contributed by atoms with Crippen molar-refractivity contribution in [3.63, 3.8) is 0 Å². The van der Waals surface area contributed by atoms with Gasteiger partial charge in [-0.1, -0.05) is 13.8 Å². The zero-order chi connectivity index (χ0) is 22.2. The van der Waals surface area contributed by atoms with Crippen molar-refractivity contribution < 1.29 is 4.74 Å². The van der Waals surface area contributed by atoms with Crippen LogP contribution in [0, 0.1) is 0 Å². The van der Waals surface area contributed by atoms with Crippen LogP contribution in [0.1, 0.15) is 25.3 Å².